The van der Waals surface area contributed by atoms with Crippen LogP contribution in [0, 0.1) is 29.1 Å². The average Bonchev–Trinajstić information content (AvgIpc) is 2.97. The van der Waals surface area contributed by atoms with Crippen LogP contribution in [0.15, 0.2) is 0 Å². The van der Waals surface area contributed by atoms with Crippen molar-refractivity contribution in [3.63, 3.8) is 0 Å². The molecule has 0 saturated heterocycles. The average molecular weight is 360 g/mol. The van der Waals surface area contributed by atoms with Gasteiger partial charge in [0, 0.05) is 4.88 Å². The van der Waals surface area contributed by atoms with Gasteiger partial charge in [0.1, 0.15) is 11.1 Å². The standard InChI is InChI=1S/C19H24N2O3S/c1-2-11-7-8-12-15(10-20)18(25-16(12)9-11)21-17(22)13-5-3-4-6-14(13)19(23)24/h11,13-14H,2-9H2,1H3,(H,21,22)(H,23,24)/t11-,13-,14+/m1/s1. The number of rotatable bonds is 4. The predicted octanol–water partition coefficient (Wildman–Crippen LogP) is 3.96. The summed E-state index contributed by atoms with van der Waals surface area (Å²) in [5, 5.41) is 22.5. The van der Waals surface area contributed by atoms with Crippen LogP contribution >= 0.6 is 11.3 Å². The lowest BCUT2D eigenvalue weighted by Crippen LogP contribution is -2.36. The van der Waals surface area contributed by atoms with Crippen LogP contribution in [0.4, 0.5) is 5.00 Å². The smallest absolute Gasteiger partial charge is 0.307 e. The topological polar surface area (TPSA) is 90.2 Å². The molecule has 1 amide bonds. The molecule has 0 aliphatic heterocycles. The SMILES string of the molecule is CC[C@@H]1CCc2c(sc(NC(=O)[C@@H]3CCCC[C@@H]3C(=O)O)c2C#N)C1. The normalized spacial score (nSPS) is 25.7. The number of carbonyl (C=O) groups excluding carboxylic acids is 1. The summed E-state index contributed by atoms with van der Waals surface area (Å²) in [4.78, 5) is 25.4. The van der Waals surface area contributed by atoms with Gasteiger partial charge in [0.25, 0.3) is 0 Å². The highest BCUT2D eigenvalue weighted by atomic mass is 32.1. The Morgan fingerprint density at radius 1 is 1.28 bits per heavy atom. The number of fused-ring (bicyclic) bond motifs is 1. The molecule has 1 fully saturated rings. The first-order valence-corrected chi connectivity index (χ1v) is 9.95. The molecule has 1 saturated carbocycles. The zero-order valence-corrected chi connectivity index (χ0v) is 15.3. The van der Waals surface area contributed by atoms with Gasteiger partial charge in [-0.15, -0.1) is 11.3 Å². The Labute approximate surface area is 152 Å². The molecule has 1 aromatic heterocycles. The van der Waals surface area contributed by atoms with Gasteiger partial charge in [0.15, 0.2) is 0 Å². The second kappa shape index (κ2) is 7.57. The molecule has 3 atom stereocenters. The number of hydrogen-bond acceptors (Lipinski definition) is 4. The van der Waals surface area contributed by atoms with Gasteiger partial charge in [0.05, 0.1) is 17.4 Å². The maximum absolute atomic E-state index is 12.7. The Hall–Kier alpha value is -1.87. The Morgan fingerprint density at radius 2 is 2.00 bits per heavy atom. The first kappa shape index (κ1) is 17.9. The lowest BCUT2D eigenvalue weighted by Gasteiger charge is -2.27. The zero-order valence-electron chi connectivity index (χ0n) is 14.5. The minimum atomic E-state index is -0.892. The quantitative estimate of drug-likeness (QED) is 0.850. The predicted molar refractivity (Wildman–Crippen MR) is 96.6 cm³/mol. The fourth-order valence-corrected chi connectivity index (χ4v) is 5.47. The van der Waals surface area contributed by atoms with E-state index >= 15 is 0 Å². The number of thiophene rings is 1. The van der Waals surface area contributed by atoms with Crippen molar-refractivity contribution in [2.24, 2.45) is 17.8 Å². The van der Waals surface area contributed by atoms with Crippen molar-refractivity contribution in [2.45, 2.75) is 58.3 Å². The summed E-state index contributed by atoms with van der Waals surface area (Å²) in [6, 6.07) is 2.26. The van der Waals surface area contributed by atoms with Gasteiger partial charge in [-0.1, -0.05) is 26.2 Å². The summed E-state index contributed by atoms with van der Waals surface area (Å²) in [7, 11) is 0. The van der Waals surface area contributed by atoms with Crippen LogP contribution in [0.1, 0.15) is 61.5 Å². The maximum Gasteiger partial charge on any atom is 0.307 e. The van der Waals surface area contributed by atoms with Crippen LogP contribution in [-0.2, 0) is 22.4 Å². The Bertz CT molecular complexity index is 719. The summed E-state index contributed by atoms with van der Waals surface area (Å²) in [5.41, 5.74) is 1.68. The van der Waals surface area contributed by atoms with E-state index in [1.54, 1.807) is 0 Å². The molecule has 3 rings (SSSR count). The Balaban J connectivity index is 1.81. The van der Waals surface area contributed by atoms with Gasteiger partial charge >= 0.3 is 5.97 Å². The third-order valence-electron chi connectivity index (χ3n) is 5.71. The number of nitrogens with one attached hydrogen (secondary N) is 1. The van der Waals surface area contributed by atoms with Gasteiger partial charge in [0.2, 0.25) is 5.91 Å². The summed E-state index contributed by atoms with van der Waals surface area (Å²) >= 11 is 1.51. The van der Waals surface area contributed by atoms with Gasteiger partial charge in [-0.05, 0) is 43.6 Å². The molecule has 2 aliphatic rings. The third kappa shape index (κ3) is 3.57. The highest BCUT2D eigenvalue weighted by Crippen LogP contribution is 2.41. The number of anilines is 1. The van der Waals surface area contributed by atoms with Crippen molar-refractivity contribution < 1.29 is 14.7 Å². The van der Waals surface area contributed by atoms with E-state index in [1.807, 2.05) is 0 Å². The molecular formula is C19H24N2O3S. The molecule has 6 heteroatoms. The Kier molecular flexibility index (Phi) is 5.43. The lowest BCUT2D eigenvalue weighted by atomic mass is 9.78. The van der Waals surface area contributed by atoms with Crippen LogP contribution in [0.2, 0.25) is 0 Å². The number of hydrogen-bond donors (Lipinski definition) is 2. The minimum Gasteiger partial charge on any atom is -0.481 e. The molecular weight excluding hydrogens is 336 g/mol. The maximum atomic E-state index is 12.7. The molecule has 0 spiro atoms. The number of carboxylic acid groups (broad SMARTS) is 1. The third-order valence-corrected chi connectivity index (χ3v) is 6.88. The lowest BCUT2D eigenvalue weighted by molar-refractivity contribution is -0.147. The molecule has 0 radical (unpaired) electrons. The number of nitriles is 1. The van der Waals surface area contributed by atoms with Crippen LogP contribution in [0.5, 0.6) is 0 Å². The van der Waals surface area contributed by atoms with E-state index in [-0.39, 0.29) is 5.91 Å². The van der Waals surface area contributed by atoms with E-state index in [0.29, 0.717) is 29.3 Å². The zero-order chi connectivity index (χ0) is 18.0. The molecule has 0 aromatic carbocycles. The van der Waals surface area contributed by atoms with E-state index in [0.717, 1.165) is 44.1 Å². The molecule has 2 aliphatic carbocycles. The second-order valence-corrected chi connectivity index (χ2v) is 8.27. The minimum absolute atomic E-state index is 0.241. The summed E-state index contributed by atoms with van der Waals surface area (Å²) in [6.07, 6.45) is 6.98. The van der Waals surface area contributed by atoms with Crippen molar-refractivity contribution in [3.05, 3.63) is 16.0 Å². The number of carboxylic acids is 1. The van der Waals surface area contributed by atoms with E-state index in [9.17, 15) is 20.0 Å². The van der Waals surface area contributed by atoms with Crippen LogP contribution < -0.4 is 5.32 Å². The molecule has 134 valence electrons. The first-order valence-electron chi connectivity index (χ1n) is 9.13. The van der Waals surface area contributed by atoms with Crippen LogP contribution in [-0.4, -0.2) is 17.0 Å². The van der Waals surface area contributed by atoms with Gasteiger partial charge in [-0.25, -0.2) is 0 Å². The van der Waals surface area contributed by atoms with E-state index in [4.69, 9.17) is 0 Å². The Morgan fingerprint density at radius 3 is 2.64 bits per heavy atom. The summed E-state index contributed by atoms with van der Waals surface area (Å²) < 4.78 is 0. The first-order chi connectivity index (χ1) is 12.0. The molecule has 0 bridgehead atoms. The summed E-state index contributed by atoms with van der Waals surface area (Å²) in [6.45, 7) is 2.19. The second-order valence-electron chi connectivity index (χ2n) is 7.16. The molecule has 5 nitrogen and oxygen atoms in total. The van der Waals surface area contributed by atoms with Crippen LogP contribution in [0.25, 0.3) is 0 Å². The van der Waals surface area contributed by atoms with Gasteiger partial charge in [-0.2, -0.15) is 5.26 Å². The van der Waals surface area contributed by atoms with Crippen molar-refractivity contribution in [3.8, 4) is 6.07 Å². The number of amides is 1. The van der Waals surface area contributed by atoms with Crippen molar-refractivity contribution in [2.75, 3.05) is 5.32 Å². The number of carbonyl (C=O) groups is 2. The molecule has 2 N–H and O–H groups in total. The fraction of sp³-hybridized carbons (Fsp3) is 0.632. The largest absolute Gasteiger partial charge is 0.481 e. The highest BCUT2D eigenvalue weighted by molar-refractivity contribution is 7.16. The van der Waals surface area contributed by atoms with Crippen molar-refractivity contribution in [1.29, 1.82) is 5.26 Å². The summed E-state index contributed by atoms with van der Waals surface area (Å²) in [5.74, 6) is -1.60. The van der Waals surface area contributed by atoms with Crippen molar-refractivity contribution in [1.82, 2.24) is 0 Å². The highest BCUT2D eigenvalue weighted by Gasteiger charge is 2.36. The number of nitrogens with zero attached hydrogens (tertiary/aromatic N) is 1. The van der Waals surface area contributed by atoms with Crippen molar-refractivity contribution >= 4 is 28.2 Å². The molecule has 0 unspecified atom stereocenters. The van der Waals surface area contributed by atoms with E-state index < -0.39 is 17.8 Å². The molecule has 25 heavy (non-hydrogen) atoms. The molecule has 1 heterocycles. The van der Waals surface area contributed by atoms with Gasteiger partial charge in [-0.3, -0.25) is 9.59 Å². The fourth-order valence-electron chi connectivity index (χ4n) is 4.15. The monoisotopic (exact) mass is 360 g/mol. The molecule has 1 aromatic rings. The van der Waals surface area contributed by atoms with Gasteiger partial charge < -0.3 is 10.4 Å². The van der Waals surface area contributed by atoms with E-state index in [1.165, 1.54) is 16.2 Å². The van der Waals surface area contributed by atoms with E-state index in [2.05, 4.69) is 18.3 Å². The van der Waals surface area contributed by atoms with Crippen LogP contribution in [0.3, 0.4) is 0 Å². The number of aliphatic carboxylic acids is 1.